The largest absolute Gasteiger partial charge is 0.478 e. The molecule has 1 N–H and O–H groups in total. The highest BCUT2D eigenvalue weighted by Crippen LogP contribution is 2.32. The third kappa shape index (κ3) is 3.33. The summed E-state index contributed by atoms with van der Waals surface area (Å²) in [5, 5.41) is 8.88. The quantitative estimate of drug-likeness (QED) is 0.885. The van der Waals surface area contributed by atoms with Crippen molar-refractivity contribution in [3.05, 3.63) is 58.1 Å². The number of carboxylic acid groups (broad SMARTS) is 1. The Morgan fingerprint density at radius 1 is 1.16 bits per heavy atom. The Balaban J connectivity index is 2.29. The second-order valence-electron chi connectivity index (χ2n) is 3.62. The first kappa shape index (κ1) is 14.0. The van der Waals surface area contributed by atoms with Crippen LogP contribution >= 0.6 is 27.7 Å². The van der Waals surface area contributed by atoms with Gasteiger partial charge in [0.25, 0.3) is 0 Å². The molecule has 2 aromatic rings. The predicted molar refractivity (Wildman–Crippen MR) is 71.6 cm³/mol. The van der Waals surface area contributed by atoms with E-state index in [-0.39, 0.29) is 10.5 Å². The zero-order valence-corrected chi connectivity index (χ0v) is 11.8. The molecule has 0 unspecified atom stereocenters. The minimum atomic E-state index is -1.05. The first-order valence-corrected chi connectivity index (χ1v) is 6.74. The van der Waals surface area contributed by atoms with Crippen molar-refractivity contribution < 1.29 is 18.7 Å². The van der Waals surface area contributed by atoms with Gasteiger partial charge in [-0.15, -0.1) is 0 Å². The van der Waals surface area contributed by atoms with Crippen LogP contribution in [-0.4, -0.2) is 11.1 Å². The van der Waals surface area contributed by atoms with Gasteiger partial charge in [0.1, 0.15) is 11.6 Å². The minimum Gasteiger partial charge on any atom is -0.478 e. The molecule has 0 aliphatic heterocycles. The first-order chi connectivity index (χ1) is 8.97. The number of halogens is 3. The Hall–Kier alpha value is -1.40. The highest BCUT2D eigenvalue weighted by molar-refractivity contribution is 9.10. The van der Waals surface area contributed by atoms with Crippen LogP contribution < -0.4 is 0 Å². The lowest BCUT2D eigenvalue weighted by Gasteiger charge is -2.05. The summed E-state index contributed by atoms with van der Waals surface area (Å²) in [4.78, 5) is 11.8. The van der Waals surface area contributed by atoms with Crippen molar-refractivity contribution in [2.45, 2.75) is 9.79 Å². The van der Waals surface area contributed by atoms with E-state index in [2.05, 4.69) is 15.9 Å². The fraction of sp³-hybridized carbons (Fsp3) is 0. The Morgan fingerprint density at radius 2 is 1.89 bits per heavy atom. The summed E-state index contributed by atoms with van der Waals surface area (Å²) >= 11 is 4.24. The van der Waals surface area contributed by atoms with Crippen molar-refractivity contribution in [1.29, 1.82) is 0 Å². The molecule has 6 heteroatoms. The Kier molecular flexibility index (Phi) is 4.21. The molecule has 2 rings (SSSR count). The lowest BCUT2D eigenvalue weighted by atomic mass is 10.2. The molecule has 2 nitrogen and oxygen atoms in total. The first-order valence-electron chi connectivity index (χ1n) is 5.13. The molecule has 0 saturated heterocycles. The van der Waals surface area contributed by atoms with Gasteiger partial charge in [0.2, 0.25) is 0 Å². The molecule has 0 amide bonds. The second kappa shape index (κ2) is 5.71. The average Bonchev–Trinajstić information content (AvgIpc) is 2.32. The molecular formula is C13H7BrF2O2S. The molecule has 0 saturated carbocycles. The van der Waals surface area contributed by atoms with Crippen LogP contribution in [0, 0.1) is 11.6 Å². The van der Waals surface area contributed by atoms with Gasteiger partial charge in [0.15, 0.2) is 0 Å². The van der Waals surface area contributed by atoms with Gasteiger partial charge in [-0.25, -0.2) is 13.6 Å². The normalized spacial score (nSPS) is 10.5. The molecular weight excluding hydrogens is 338 g/mol. The van der Waals surface area contributed by atoms with Crippen molar-refractivity contribution in [2.24, 2.45) is 0 Å². The summed E-state index contributed by atoms with van der Waals surface area (Å²) in [6.07, 6.45) is 0. The molecule has 0 aliphatic rings. The SMILES string of the molecule is O=C(O)c1ccc(Sc2ccc(F)cc2F)cc1Br. The zero-order valence-electron chi connectivity index (χ0n) is 9.36. The molecule has 0 aliphatic carbocycles. The van der Waals surface area contributed by atoms with Gasteiger partial charge in [-0.2, -0.15) is 0 Å². The molecule has 0 fully saturated rings. The summed E-state index contributed by atoms with van der Waals surface area (Å²) in [5.74, 6) is -2.33. The number of rotatable bonds is 3. The van der Waals surface area contributed by atoms with Crippen LogP contribution in [0.2, 0.25) is 0 Å². The number of hydrogen-bond acceptors (Lipinski definition) is 2. The zero-order chi connectivity index (χ0) is 14.0. The van der Waals surface area contributed by atoms with Crippen LogP contribution in [0.4, 0.5) is 8.78 Å². The van der Waals surface area contributed by atoms with Crippen LogP contribution in [0.25, 0.3) is 0 Å². The van der Waals surface area contributed by atoms with E-state index in [0.717, 1.165) is 17.8 Å². The molecule has 0 spiro atoms. The molecule has 19 heavy (non-hydrogen) atoms. The molecule has 0 bridgehead atoms. The van der Waals surface area contributed by atoms with Crippen LogP contribution in [0.15, 0.2) is 50.7 Å². The maximum atomic E-state index is 13.5. The Morgan fingerprint density at radius 3 is 2.47 bits per heavy atom. The van der Waals surface area contributed by atoms with Gasteiger partial charge in [0.05, 0.1) is 5.56 Å². The monoisotopic (exact) mass is 344 g/mol. The van der Waals surface area contributed by atoms with Crippen molar-refractivity contribution in [1.82, 2.24) is 0 Å². The van der Waals surface area contributed by atoms with Crippen LogP contribution in [-0.2, 0) is 0 Å². The van der Waals surface area contributed by atoms with Crippen molar-refractivity contribution in [3.63, 3.8) is 0 Å². The lowest BCUT2D eigenvalue weighted by Crippen LogP contribution is -1.97. The molecule has 0 heterocycles. The van der Waals surface area contributed by atoms with E-state index >= 15 is 0 Å². The van der Waals surface area contributed by atoms with Crippen molar-refractivity contribution >= 4 is 33.7 Å². The van der Waals surface area contributed by atoms with E-state index in [4.69, 9.17) is 5.11 Å². The van der Waals surface area contributed by atoms with E-state index < -0.39 is 17.6 Å². The topological polar surface area (TPSA) is 37.3 Å². The van der Waals surface area contributed by atoms with E-state index in [1.54, 1.807) is 12.1 Å². The molecule has 2 aromatic carbocycles. The minimum absolute atomic E-state index is 0.129. The number of carboxylic acids is 1. The van der Waals surface area contributed by atoms with Gasteiger partial charge < -0.3 is 5.11 Å². The highest BCUT2D eigenvalue weighted by Gasteiger charge is 2.10. The third-order valence-electron chi connectivity index (χ3n) is 2.29. The molecule has 98 valence electrons. The Labute approximate surface area is 120 Å². The number of hydrogen-bond donors (Lipinski definition) is 1. The van der Waals surface area contributed by atoms with Crippen molar-refractivity contribution in [2.75, 3.05) is 0 Å². The van der Waals surface area contributed by atoms with Gasteiger partial charge in [-0.1, -0.05) is 11.8 Å². The van der Waals surface area contributed by atoms with E-state index in [9.17, 15) is 13.6 Å². The summed E-state index contributed by atoms with van der Waals surface area (Å²) < 4.78 is 26.7. The number of carbonyl (C=O) groups is 1. The van der Waals surface area contributed by atoms with E-state index in [1.165, 1.54) is 18.2 Å². The molecule has 0 radical (unpaired) electrons. The molecule has 0 atom stereocenters. The van der Waals surface area contributed by atoms with Gasteiger partial charge >= 0.3 is 5.97 Å². The van der Waals surface area contributed by atoms with Gasteiger partial charge in [0, 0.05) is 20.3 Å². The second-order valence-corrected chi connectivity index (χ2v) is 5.59. The third-order valence-corrected chi connectivity index (χ3v) is 3.99. The summed E-state index contributed by atoms with van der Waals surface area (Å²) in [7, 11) is 0. The van der Waals surface area contributed by atoms with Gasteiger partial charge in [-0.05, 0) is 46.3 Å². The standard InChI is InChI=1S/C13H7BrF2O2S/c14-10-6-8(2-3-9(10)13(17)18)19-12-4-1-7(15)5-11(12)16/h1-6H,(H,17,18). The fourth-order valence-electron chi connectivity index (χ4n) is 1.42. The fourth-order valence-corrected chi connectivity index (χ4v) is 2.98. The van der Waals surface area contributed by atoms with Crippen LogP contribution in [0.1, 0.15) is 10.4 Å². The van der Waals surface area contributed by atoms with E-state index in [0.29, 0.717) is 9.37 Å². The maximum Gasteiger partial charge on any atom is 0.336 e. The van der Waals surface area contributed by atoms with Gasteiger partial charge in [-0.3, -0.25) is 0 Å². The van der Waals surface area contributed by atoms with Crippen LogP contribution in [0.5, 0.6) is 0 Å². The number of benzene rings is 2. The summed E-state index contributed by atoms with van der Waals surface area (Å²) in [6, 6.07) is 7.90. The number of aromatic carboxylic acids is 1. The summed E-state index contributed by atoms with van der Waals surface area (Å²) in [6.45, 7) is 0. The smallest absolute Gasteiger partial charge is 0.336 e. The maximum absolute atomic E-state index is 13.5. The lowest BCUT2D eigenvalue weighted by molar-refractivity contribution is 0.0696. The predicted octanol–water partition coefficient (Wildman–Crippen LogP) is 4.58. The van der Waals surface area contributed by atoms with Crippen LogP contribution in [0.3, 0.4) is 0 Å². The molecule has 0 aromatic heterocycles. The summed E-state index contributed by atoms with van der Waals surface area (Å²) in [5.41, 5.74) is 0.129. The van der Waals surface area contributed by atoms with Crippen molar-refractivity contribution in [3.8, 4) is 0 Å². The Bertz CT molecular complexity index is 647. The highest BCUT2D eigenvalue weighted by atomic mass is 79.9. The van der Waals surface area contributed by atoms with E-state index in [1.807, 2.05) is 0 Å². The average molecular weight is 345 g/mol.